The number of fused-ring (bicyclic) bond motifs is 1. The van der Waals surface area contributed by atoms with Gasteiger partial charge >= 0.3 is 0 Å². The molecule has 0 aliphatic carbocycles. The molecule has 0 aliphatic heterocycles. The van der Waals surface area contributed by atoms with Crippen molar-refractivity contribution in [3.8, 4) is 5.75 Å². The number of para-hydroxylation sites is 2. The Bertz CT molecular complexity index is 1330. The normalized spacial score (nSPS) is 11.3. The molecule has 0 aliphatic rings. The van der Waals surface area contributed by atoms with Crippen molar-refractivity contribution >= 4 is 11.0 Å². The molecule has 0 bridgehead atoms. The third-order valence-electron chi connectivity index (χ3n) is 6.55. The summed E-state index contributed by atoms with van der Waals surface area (Å²) in [7, 11) is 0. The number of ether oxygens (including phenoxy) is 1. The maximum Gasteiger partial charge on any atom is 0.122 e. The molecule has 1 aromatic heterocycles. The topological polar surface area (TPSA) is 27.1 Å². The van der Waals surface area contributed by atoms with Gasteiger partial charge < -0.3 is 9.30 Å². The van der Waals surface area contributed by atoms with Crippen LogP contribution in [0.3, 0.4) is 0 Å². The highest BCUT2D eigenvalue weighted by molar-refractivity contribution is 5.76. The zero-order valence-electron chi connectivity index (χ0n) is 19.8. The van der Waals surface area contributed by atoms with Crippen LogP contribution in [0.15, 0.2) is 103 Å². The Labute approximate surface area is 201 Å². The summed E-state index contributed by atoms with van der Waals surface area (Å²) in [5.41, 5.74) is 7.16. The van der Waals surface area contributed by atoms with Gasteiger partial charge in [0.2, 0.25) is 0 Å². The van der Waals surface area contributed by atoms with Gasteiger partial charge in [0, 0.05) is 6.54 Å². The number of benzene rings is 4. The van der Waals surface area contributed by atoms with Gasteiger partial charge in [-0.1, -0.05) is 84.9 Å². The SMILES string of the molecule is Cc1cccc(OCCCn2c(C(c3ccccc3)c3ccccc3)nc3ccccc32)c1C. The molecule has 5 aromatic rings. The second-order valence-electron chi connectivity index (χ2n) is 8.76. The largest absolute Gasteiger partial charge is 0.493 e. The fourth-order valence-corrected chi connectivity index (χ4v) is 4.62. The molecular weight excluding hydrogens is 416 g/mol. The van der Waals surface area contributed by atoms with Gasteiger partial charge in [-0.05, 0) is 60.7 Å². The number of nitrogens with zero attached hydrogens (tertiary/aromatic N) is 2. The molecule has 0 unspecified atom stereocenters. The molecular formula is C31H30N2O. The van der Waals surface area contributed by atoms with Crippen LogP contribution >= 0.6 is 0 Å². The number of hydrogen-bond donors (Lipinski definition) is 0. The minimum atomic E-state index is 0.0646. The van der Waals surface area contributed by atoms with E-state index >= 15 is 0 Å². The number of hydrogen-bond acceptors (Lipinski definition) is 2. The summed E-state index contributed by atoms with van der Waals surface area (Å²) >= 11 is 0. The van der Waals surface area contributed by atoms with Crippen molar-refractivity contribution in [3.63, 3.8) is 0 Å². The molecule has 3 heteroatoms. The van der Waals surface area contributed by atoms with Crippen LogP contribution in [0.4, 0.5) is 0 Å². The van der Waals surface area contributed by atoms with Crippen molar-refractivity contribution in [3.05, 3.63) is 131 Å². The monoisotopic (exact) mass is 446 g/mol. The second kappa shape index (κ2) is 9.96. The predicted octanol–water partition coefficient (Wildman–Crippen LogP) is 7.30. The van der Waals surface area contributed by atoms with Gasteiger partial charge in [0.25, 0.3) is 0 Å². The van der Waals surface area contributed by atoms with Crippen LogP contribution in [0.1, 0.15) is 40.4 Å². The van der Waals surface area contributed by atoms with Gasteiger partial charge in [0.05, 0.1) is 23.6 Å². The third kappa shape index (κ3) is 4.47. The molecule has 1 heterocycles. The standard InChI is InChI=1S/C31H30N2O/c1-23-13-11-20-29(24(23)2)34-22-12-21-33-28-19-10-9-18-27(28)32-31(33)30(25-14-5-3-6-15-25)26-16-7-4-8-17-26/h3-11,13-20,30H,12,21-22H2,1-2H3. The predicted molar refractivity (Wildman–Crippen MR) is 140 cm³/mol. The Kier molecular flexibility index (Phi) is 6.44. The maximum absolute atomic E-state index is 6.16. The number of imidazole rings is 1. The van der Waals surface area contributed by atoms with Crippen molar-refractivity contribution in [2.75, 3.05) is 6.61 Å². The van der Waals surface area contributed by atoms with Crippen LogP contribution in [0.25, 0.3) is 11.0 Å². The van der Waals surface area contributed by atoms with E-state index in [1.54, 1.807) is 0 Å². The van der Waals surface area contributed by atoms with Gasteiger partial charge in [-0.25, -0.2) is 4.98 Å². The Morgan fingerprint density at radius 1 is 0.735 bits per heavy atom. The summed E-state index contributed by atoms with van der Waals surface area (Å²) < 4.78 is 8.55. The molecule has 0 saturated carbocycles. The Morgan fingerprint density at radius 3 is 2.09 bits per heavy atom. The first-order valence-corrected chi connectivity index (χ1v) is 12.0. The number of aryl methyl sites for hydroxylation is 2. The molecule has 5 rings (SSSR count). The van der Waals surface area contributed by atoms with Gasteiger partial charge in [0.15, 0.2) is 0 Å². The van der Waals surface area contributed by atoms with Crippen LogP contribution in [-0.2, 0) is 6.54 Å². The quantitative estimate of drug-likeness (QED) is 0.234. The average molecular weight is 447 g/mol. The van der Waals surface area contributed by atoms with E-state index in [0.29, 0.717) is 6.61 Å². The third-order valence-corrected chi connectivity index (χ3v) is 6.55. The van der Waals surface area contributed by atoms with E-state index < -0.39 is 0 Å². The summed E-state index contributed by atoms with van der Waals surface area (Å²) in [6, 6.07) is 36.0. The maximum atomic E-state index is 6.16. The molecule has 170 valence electrons. The van der Waals surface area contributed by atoms with Crippen LogP contribution in [-0.4, -0.2) is 16.2 Å². The Morgan fingerprint density at radius 2 is 1.38 bits per heavy atom. The zero-order valence-corrected chi connectivity index (χ0v) is 19.8. The van der Waals surface area contributed by atoms with E-state index in [2.05, 4.69) is 122 Å². The van der Waals surface area contributed by atoms with E-state index in [4.69, 9.17) is 9.72 Å². The molecule has 0 fully saturated rings. The molecule has 0 radical (unpaired) electrons. The molecule has 3 nitrogen and oxygen atoms in total. The lowest BCUT2D eigenvalue weighted by molar-refractivity contribution is 0.299. The smallest absolute Gasteiger partial charge is 0.122 e. The molecule has 0 saturated heterocycles. The lowest BCUT2D eigenvalue weighted by atomic mass is 9.90. The zero-order chi connectivity index (χ0) is 23.3. The molecule has 4 aromatic carbocycles. The van der Waals surface area contributed by atoms with E-state index in [-0.39, 0.29) is 5.92 Å². The first kappa shape index (κ1) is 22.0. The lowest BCUT2D eigenvalue weighted by Crippen LogP contribution is -2.14. The molecule has 0 spiro atoms. The van der Waals surface area contributed by atoms with Crippen molar-refractivity contribution in [2.24, 2.45) is 0 Å². The summed E-state index contributed by atoms with van der Waals surface area (Å²) in [4.78, 5) is 5.15. The van der Waals surface area contributed by atoms with Crippen molar-refractivity contribution in [1.82, 2.24) is 9.55 Å². The van der Waals surface area contributed by atoms with Gasteiger partial charge in [-0.3, -0.25) is 0 Å². The van der Waals surface area contributed by atoms with E-state index in [1.807, 2.05) is 0 Å². The van der Waals surface area contributed by atoms with Crippen molar-refractivity contribution in [2.45, 2.75) is 32.7 Å². The van der Waals surface area contributed by atoms with Crippen LogP contribution < -0.4 is 4.74 Å². The number of rotatable bonds is 8. The number of aromatic nitrogens is 2. The van der Waals surface area contributed by atoms with Crippen LogP contribution in [0.2, 0.25) is 0 Å². The lowest BCUT2D eigenvalue weighted by Gasteiger charge is -2.20. The van der Waals surface area contributed by atoms with Gasteiger partial charge in [0.1, 0.15) is 11.6 Å². The fraction of sp³-hybridized carbons (Fsp3) is 0.194. The van der Waals surface area contributed by atoms with E-state index in [1.165, 1.54) is 27.8 Å². The van der Waals surface area contributed by atoms with Gasteiger partial charge in [-0.2, -0.15) is 0 Å². The minimum Gasteiger partial charge on any atom is -0.493 e. The summed E-state index contributed by atoms with van der Waals surface area (Å²) in [6.45, 7) is 5.75. The molecule has 0 amide bonds. The first-order valence-electron chi connectivity index (χ1n) is 12.0. The van der Waals surface area contributed by atoms with Crippen molar-refractivity contribution in [1.29, 1.82) is 0 Å². The minimum absolute atomic E-state index is 0.0646. The summed E-state index contributed by atoms with van der Waals surface area (Å²) in [6.07, 6.45) is 0.900. The highest BCUT2D eigenvalue weighted by Crippen LogP contribution is 2.33. The molecule has 0 N–H and O–H groups in total. The van der Waals surface area contributed by atoms with E-state index in [0.717, 1.165) is 30.1 Å². The fourth-order valence-electron chi connectivity index (χ4n) is 4.62. The summed E-state index contributed by atoms with van der Waals surface area (Å²) in [5, 5.41) is 0. The first-order chi connectivity index (χ1) is 16.7. The highest BCUT2D eigenvalue weighted by Gasteiger charge is 2.23. The highest BCUT2D eigenvalue weighted by atomic mass is 16.5. The van der Waals surface area contributed by atoms with Crippen molar-refractivity contribution < 1.29 is 4.74 Å². The van der Waals surface area contributed by atoms with Crippen LogP contribution in [0, 0.1) is 13.8 Å². The average Bonchev–Trinajstić information content (AvgIpc) is 3.24. The Balaban J connectivity index is 1.48. The van der Waals surface area contributed by atoms with Gasteiger partial charge in [-0.15, -0.1) is 0 Å². The second-order valence-corrected chi connectivity index (χ2v) is 8.76. The summed E-state index contributed by atoms with van der Waals surface area (Å²) in [5.74, 6) is 2.11. The Hall–Kier alpha value is -3.85. The molecule has 0 atom stereocenters. The van der Waals surface area contributed by atoms with Crippen LogP contribution in [0.5, 0.6) is 5.75 Å². The molecule has 34 heavy (non-hydrogen) atoms. The van der Waals surface area contributed by atoms with E-state index in [9.17, 15) is 0 Å².